The van der Waals surface area contributed by atoms with E-state index in [1.54, 1.807) is 11.0 Å². The second-order valence-corrected chi connectivity index (χ2v) is 9.27. The first-order valence-electron chi connectivity index (χ1n) is 9.88. The third-order valence-corrected chi connectivity index (χ3v) is 7.64. The number of halogens is 1. The molecule has 1 atom stereocenters. The van der Waals surface area contributed by atoms with Gasteiger partial charge in [-0.05, 0) is 18.9 Å². The maximum Gasteiger partial charge on any atom is 0.274 e. The maximum absolute atomic E-state index is 13.3. The lowest BCUT2D eigenvalue weighted by atomic mass is 10.0. The van der Waals surface area contributed by atoms with Crippen LogP contribution in [-0.4, -0.2) is 64.3 Å². The second-order valence-electron chi connectivity index (χ2n) is 7.47. The van der Waals surface area contributed by atoms with E-state index >= 15 is 0 Å². The highest BCUT2D eigenvalue weighted by molar-refractivity contribution is 7.84. The fourth-order valence-electron chi connectivity index (χ4n) is 4.30. The topological polar surface area (TPSA) is 73.7 Å². The van der Waals surface area contributed by atoms with Crippen molar-refractivity contribution in [3.63, 3.8) is 0 Å². The van der Waals surface area contributed by atoms with Crippen LogP contribution in [-0.2, 0) is 26.0 Å². The van der Waals surface area contributed by atoms with Crippen LogP contribution >= 0.6 is 11.6 Å². The molecule has 154 valence electrons. The molecule has 0 radical (unpaired) electrons. The summed E-state index contributed by atoms with van der Waals surface area (Å²) in [5, 5.41) is 5.30. The lowest BCUT2D eigenvalue weighted by Crippen LogP contribution is -2.41. The van der Waals surface area contributed by atoms with Crippen molar-refractivity contribution in [1.29, 1.82) is 0 Å². The molecule has 0 N–H and O–H groups in total. The number of benzene rings is 1. The average Bonchev–Trinajstić information content (AvgIpc) is 3.14. The molecule has 2 aromatic rings. The van der Waals surface area contributed by atoms with Gasteiger partial charge in [0.15, 0.2) is 5.69 Å². The number of carbonyl (C=O) groups excluding carboxylic acids is 1. The maximum atomic E-state index is 13.3. The van der Waals surface area contributed by atoms with E-state index in [4.69, 9.17) is 26.2 Å². The van der Waals surface area contributed by atoms with Gasteiger partial charge >= 0.3 is 0 Å². The Morgan fingerprint density at radius 3 is 2.62 bits per heavy atom. The minimum Gasteiger partial charge on any atom is -0.381 e. The van der Waals surface area contributed by atoms with Gasteiger partial charge in [-0.25, -0.2) is 0 Å². The summed E-state index contributed by atoms with van der Waals surface area (Å²) in [7, 11) is -1.32. The predicted octanol–water partition coefficient (Wildman–Crippen LogP) is 2.65. The number of hydrogen-bond donors (Lipinski definition) is 0. The largest absolute Gasteiger partial charge is 0.381 e. The quantitative estimate of drug-likeness (QED) is 0.725. The van der Waals surface area contributed by atoms with Crippen molar-refractivity contribution in [2.24, 2.45) is 0 Å². The molecule has 9 heteroatoms. The van der Waals surface area contributed by atoms with Crippen LogP contribution in [0.3, 0.4) is 0 Å². The van der Waals surface area contributed by atoms with Crippen LogP contribution in [0.2, 0.25) is 5.02 Å². The van der Waals surface area contributed by atoms with Crippen LogP contribution in [0.1, 0.15) is 34.9 Å². The summed E-state index contributed by atoms with van der Waals surface area (Å²) in [5.41, 5.74) is 2.87. The van der Waals surface area contributed by atoms with E-state index < -0.39 is 10.8 Å². The van der Waals surface area contributed by atoms with Crippen molar-refractivity contribution in [1.82, 2.24) is 14.7 Å². The number of fused-ring (bicyclic) bond motifs is 3. The summed E-state index contributed by atoms with van der Waals surface area (Å²) in [6.45, 7) is 3.48. The summed E-state index contributed by atoms with van der Waals surface area (Å²) in [4.78, 5) is 15.7. The van der Waals surface area contributed by atoms with Gasteiger partial charge in [0.25, 0.3) is 5.91 Å². The van der Waals surface area contributed by atoms with E-state index in [0.717, 1.165) is 29.7 Å². The highest BCUT2D eigenvalue weighted by Gasteiger charge is 2.36. The van der Waals surface area contributed by atoms with Crippen LogP contribution in [0, 0.1) is 0 Å². The Morgan fingerprint density at radius 1 is 1.14 bits per heavy atom. The summed E-state index contributed by atoms with van der Waals surface area (Å²) >= 11 is 6.40. The van der Waals surface area contributed by atoms with Crippen molar-refractivity contribution in [2.75, 3.05) is 39.5 Å². The van der Waals surface area contributed by atoms with Gasteiger partial charge in [-0.2, -0.15) is 5.10 Å². The molecule has 7 nitrogen and oxygen atoms in total. The van der Waals surface area contributed by atoms with Crippen LogP contribution in [0.25, 0.3) is 11.3 Å². The summed E-state index contributed by atoms with van der Waals surface area (Å²) in [6.07, 6.45) is 1.66. The molecule has 1 amide bonds. The Hall–Kier alpha value is -1.74. The van der Waals surface area contributed by atoms with Gasteiger partial charge < -0.3 is 14.4 Å². The fraction of sp³-hybridized carbons (Fsp3) is 0.500. The highest BCUT2D eigenvalue weighted by Crippen LogP contribution is 2.43. The molecule has 1 unspecified atom stereocenters. The minimum atomic E-state index is -1.32. The number of hydrogen-bond acceptors (Lipinski definition) is 5. The summed E-state index contributed by atoms with van der Waals surface area (Å²) in [6, 6.07) is 5.69. The van der Waals surface area contributed by atoms with Crippen LogP contribution < -0.4 is 0 Å². The first kappa shape index (κ1) is 19.2. The number of amides is 1. The Balaban J connectivity index is 1.67. The molecular weight excluding hydrogens is 414 g/mol. The molecule has 2 saturated heterocycles. The highest BCUT2D eigenvalue weighted by atomic mass is 35.5. The molecule has 1 aromatic carbocycles. The first-order chi connectivity index (χ1) is 14.1. The zero-order chi connectivity index (χ0) is 20.0. The van der Waals surface area contributed by atoms with Crippen molar-refractivity contribution < 1.29 is 18.5 Å². The Morgan fingerprint density at radius 2 is 1.86 bits per heavy atom. The lowest BCUT2D eigenvalue weighted by molar-refractivity contribution is 0.0296. The Labute approximate surface area is 176 Å². The molecule has 0 aliphatic carbocycles. The molecule has 3 aliphatic heterocycles. The van der Waals surface area contributed by atoms with Gasteiger partial charge in [-0.3, -0.25) is 13.7 Å². The van der Waals surface area contributed by atoms with Gasteiger partial charge in [-0.1, -0.05) is 23.7 Å². The number of nitrogens with zero attached hydrogens (tertiary/aromatic N) is 3. The van der Waals surface area contributed by atoms with E-state index in [-0.39, 0.29) is 17.7 Å². The fourth-order valence-corrected chi connectivity index (χ4v) is 6.11. The molecule has 0 spiro atoms. The number of rotatable bonds is 2. The normalized spacial score (nSPS) is 22.2. The van der Waals surface area contributed by atoms with E-state index in [1.165, 1.54) is 0 Å². The van der Waals surface area contributed by atoms with Gasteiger partial charge in [0.2, 0.25) is 0 Å². The average molecular weight is 436 g/mol. The molecule has 5 rings (SSSR count). The number of aromatic nitrogens is 2. The van der Waals surface area contributed by atoms with Crippen LogP contribution in [0.15, 0.2) is 23.1 Å². The van der Waals surface area contributed by atoms with Crippen molar-refractivity contribution in [3.8, 4) is 11.3 Å². The van der Waals surface area contributed by atoms with E-state index in [0.29, 0.717) is 55.1 Å². The van der Waals surface area contributed by atoms with Crippen molar-refractivity contribution >= 4 is 28.3 Å². The predicted molar refractivity (Wildman–Crippen MR) is 109 cm³/mol. The summed E-state index contributed by atoms with van der Waals surface area (Å²) in [5.74, 6) is 0.138. The molecule has 29 heavy (non-hydrogen) atoms. The number of carbonyl (C=O) groups is 1. The molecule has 2 fully saturated rings. The van der Waals surface area contributed by atoms with Crippen molar-refractivity contribution in [3.05, 3.63) is 34.5 Å². The lowest BCUT2D eigenvalue weighted by Gasteiger charge is -2.26. The number of ether oxygens (including phenoxy) is 2. The second kappa shape index (κ2) is 7.83. The van der Waals surface area contributed by atoms with Gasteiger partial charge in [0, 0.05) is 37.4 Å². The third-order valence-electron chi connectivity index (χ3n) is 5.77. The zero-order valence-electron chi connectivity index (χ0n) is 15.9. The van der Waals surface area contributed by atoms with Gasteiger partial charge in [0.05, 0.1) is 51.4 Å². The zero-order valence-corrected chi connectivity index (χ0v) is 17.5. The van der Waals surface area contributed by atoms with E-state index in [1.807, 2.05) is 16.8 Å². The van der Waals surface area contributed by atoms with Gasteiger partial charge in [-0.15, -0.1) is 0 Å². The molecule has 0 bridgehead atoms. The third kappa shape index (κ3) is 3.32. The molecule has 0 saturated carbocycles. The Kier molecular flexibility index (Phi) is 5.19. The molecule has 1 aromatic heterocycles. The monoisotopic (exact) mass is 435 g/mol. The van der Waals surface area contributed by atoms with Crippen LogP contribution in [0.5, 0.6) is 0 Å². The minimum absolute atomic E-state index is 0.113. The Bertz CT molecular complexity index is 980. The van der Waals surface area contributed by atoms with E-state index in [2.05, 4.69) is 0 Å². The molecule has 4 heterocycles. The molecule has 3 aliphatic rings. The molecular formula is C20H22ClN3O4S. The smallest absolute Gasteiger partial charge is 0.274 e. The number of morpholine rings is 1. The van der Waals surface area contributed by atoms with Crippen LogP contribution in [0.4, 0.5) is 0 Å². The first-order valence-corrected chi connectivity index (χ1v) is 11.6. The summed E-state index contributed by atoms with van der Waals surface area (Å²) < 4.78 is 25.9. The SMILES string of the molecule is O=C(c1nn(C2CCOCC2)c2c1CS(=O)c1c(Cl)cccc1-2)N1CCOCC1. The van der Waals surface area contributed by atoms with Crippen molar-refractivity contribution in [2.45, 2.75) is 29.5 Å². The van der Waals surface area contributed by atoms with E-state index in [9.17, 15) is 9.00 Å². The van der Waals surface area contributed by atoms with Gasteiger partial charge in [0.1, 0.15) is 0 Å². The standard InChI is InChI=1S/C20H22ClN3O4S/c21-16-3-1-2-14-18-15(12-29(26)19(14)16)17(20(25)23-6-10-28-11-7-23)22-24(18)13-4-8-27-9-5-13/h1-3,13H,4-12H2.